The van der Waals surface area contributed by atoms with Crippen LogP contribution in [0.15, 0.2) is 158 Å². The van der Waals surface area contributed by atoms with Crippen LogP contribution in [0.2, 0.25) is 0 Å². The van der Waals surface area contributed by atoms with Gasteiger partial charge in [0.05, 0.1) is 0 Å². The van der Waals surface area contributed by atoms with Gasteiger partial charge in [0.2, 0.25) is 10.8 Å². The van der Waals surface area contributed by atoms with E-state index in [-0.39, 0.29) is 16.7 Å². The minimum atomic E-state index is -6.01. The molecule has 0 atom stereocenters. The third-order valence-electron chi connectivity index (χ3n) is 12.5. The molecule has 0 aliphatic heterocycles. The molecule has 0 bridgehead atoms. The first kappa shape index (κ1) is 39.6. The van der Waals surface area contributed by atoms with Crippen molar-refractivity contribution in [3.8, 4) is 55.6 Å². The van der Waals surface area contributed by atoms with Crippen LogP contribution in [0.5, 0.6) is 0 Å². The maximum atomic E-state index is 15.5. The Morgan fingerprint density at radius 1 is 0.242 bits per heavy atom. The average molecular weight is 855 g/mol. The van der Waals surface area contributed by atoms with Crippen LogP contribution in [-0.2, 0) is 10.8 Å². The number of benzene rings is 8. The van der Waals surface area contributed by atoms with Gasteiger partial charge in [0, 0.05) is 0 Å². The average Bonchev–Trinajstić information content (AvgIpc) is 3.71. The van der Waals surface area contributed by atoms with E-state index >= 15 is 26.3 Å². The summed E-state index contributed by atoms with van der Waals surface area (Å²) in [6.07, 6.45) is -23.9. The lowest BCUT2D eigenvalue weighted by Gasteiger charge is -2.36. The third kappa shape index (κ3) is 5.37. The second-order valence-corrected chi connectivity index (χ2v) is 15.7. The van der Waals surface area contributed by atoms with E-state index in [0.717, 1.165) is 69.8 Å². The summed E-state index contributed by atoms with van der Waals surface area (Å²) in [4.78, 5) is 0. The first-order valence-electron chi connectivity index (χ1n) is 19.1. The number of hydrogen-bond donors (Lipinski definition) is 0. The highest BCUT2D eigenvalue weighted by Gasteiger charge is 2.76. The van der Waals surface area contributed by atoms with E-state index in [1.807, 2.05) is 60.7 Å². The molecule has 2 aliphatic rings. The Bertz CT molecular complexity index is 3120. The van der Waals surface area contributed by atoms with Crippen LogP contribution in [0, 0.1) is 0 Å². The molecular formula is C50H26F12. The van der Waals surface area contributed by atoms with E-state index in [2.05, 4.69) is 0 Å². The fraction of sp³-hybridized carbons (Fsp3) is 0.120. The molecule has 8 aromatic rings. The smallest absolute Gasteiger partial charge is 0.169 e. The highest BCUT2D eigenvalue weighted by molar-refractivity contribution is 5.94. The molecule has 62 heavy (non-hydrogen) atoms. The summed E-state index contributed by atoms with van der Waals surface area (Å²) in [5, 5.41) is 3.56. The number of fused-ring (bicyclic) bond motifs is 8. The van der Waals surface area contributed by atoms with Gasteiger partial charge < -0.3 is 0 Å². The Morgan fingerprint density at radius 3 is 0.919 bits per heavy atom. The Kier molecular flexibility index (Phi) is 8.28. The molecule has 10 rings (SSSR count). The van der Waals surface area contributed by atoms with Crippen LogP contribution in [-0.4, -0.2) is 24.7 Å². The summed E-state index contributed by atoms with van der Waals surface area (Å²) >= 11 is 0. The zero-order valence-corrected chi connectivity index (χ0v) is 31.5. The second kappa shape index (κ2) is 13.0. The van der Waals surface area contributed by atoms with E-state index in [0.29, 0.717) is 29.1 Å². The van der Waals surface area contributed by atoms with Crippen LogP contribution in [0.25, 0.3) is 77.2 Å². The van der Waals surface area contributed by atoms with Gasteiger partial charge in [-0.25, -0.2) is 0 Å². The Hall–Kier alpha value is -6.56. The van der Waals surface area contributed by atoms with Gasteiger partial charge in [0.25, 0.3) is 0 Å². The third-order valence-corrected chi connectivity index (χ3v) is 12.5. The summed E-state index contributed by atoms with van der Waals surface area (Å²) in [6, 6.07) is 37.3. The molecule has 0 radical (unpaired) electrons. The van der Waals surface area contributed by atoms with E-state index in [9.17, 15) is 26.3 Å². The first-order chi connectivity index (χ1) is 29.3. The van der Waals surface area contributed by atoms with Crippen molar-refractivity contribution < 1.29 is 52.7 Å². The van der Waals surface area contributed by atoms with Crippen molar-refractivity contribution in [2.45, 2.75) is 35.5 Å². The van der Waals surface area contributed by atoms with Crippen LogP contribution >= 0.6 is 0 Å². The predicted octanol–water partition coefficient (Wildman–Crippen LogP) is 15.8. The van der Waals surface area contributed by atoms with Gasteiger partial charge in [-0.05, 0) is 136 Å². The maximum Gasteiger partial charge on any atom is 0.411 e. The van der Waals surface area contributed by atoms with Crippen molar-refractivity contribution in [3.63, 3.8) is 0 Å². The molecule has 12 heteroatoms. The van der Waals surface area contributed by atoms with Crippen LogP contribution in [0.4, 0.5) is 52.7 Å². The van der Waals surface area contributed by atoms with Crippen molar-refractivity contribution in [1.82, 2.24) is 0 Å². The normalized spacial score (nSPS) is 15.4. The van der Waals surface area contributed by atoms with Crippen LogP contribution in [0.1, 0.15) is 22.3 Å². The SMILES string of the molecule is FC(F)(F)C1(C(F)(F)F)c2ccccc2-c2ccc(-c3ccc4c(c3)C(C(F)(F)F)(C(F)(F)F)c3cc(-c5ccc6cc(-c7ccc8ccccc8c7)ccc6c5)ccc3-4)cc21. The monoisotopic (exact) mass is 854 g/mol. The number of alkyl halides is 12. The van der Waals surface area contributed by atoms with E-state index in [1.165, 1.54) is 18.2 Å². The number of rotatable bonds is 3. The van der Waals surface area contributed by atoms with E-state index in [4.69, 9.17) is 0 Å². The number of hydrogen-bond acceptors (Lipinski definition) is 0. The largest absolute Gasteiger partial charge is 0.411 e. The predicted molar refractivity (Wildman–Crippen MR) is 214 cm³/mol. The summed E-state index contributed by atoms with van der Waals surface area (Å²) < 4.78 is 183. The van der Waals surface area contributed by atoms with Crippen molar-refractivity contribution in [2.75, 3.05) is 0 Å². The molecule has 0 spiro atoms. The minimum Gasteiger partial charge on any atom is -0.169 e. The standard InChI is InChI=1S/C50H26F12/c51-47(52,53)45(48(54,55)56)41-8-4-3-7-37(41)38-18-16-35(25-42(38)45)36-17-20-40-39-19-15-34(24-43(39)46(44(40)26-36,49(57,58)59)50(60,61)62)33-14-13-31-22-30(11-12-32(31)23-33)29-10-9-27-5-1-2-6-28(27)21-29/h1-26H. The van der Waals surface area contributed by atoms with E-state index < -0.39 is 80.0 Å². The van der Waals surface area contributed by atoms with Gasteiger partial charge >= 0.3 is 24.7 Å². The second-order valence-electron chi connectivity index (χ2n) is 15.7. The van der Waals surface area contributed by atoms with Crippen molar-refractivity contribution >= 4 is 21.5 Å². The highest BCUT2D eigenvalue weighted by Crippen LogP contribution is 2.66. The summed E-state index contributed by atoms with van der Waals surface area (Å²) in [5.41, 5.74) is -14.0. The molecular weight excluding hydrogens is 829 g/mol. The Morgan fingerprint density at radius 2 is 0.516 bits per heavy atom. The molecule has 310 valence electrons. The fourth-order valence-electron chi connectivity index (χ4n) is 9.66. The zero-order chi connectivity index (χ0) is 43.8. The molecule has 2 aliphatic carbocycles. The molecule has 0 saturated heterocycles. The summed E-state index contributed by atoms with van der Waals surface area (Å²) in [7, 11) is 0. The van der Waals surface area contributed by atoms with Crippen LogP contribution in [0.3, 0.4) is 0 Å². The molecule has 0 heterocycles. The lowest BCUT2D eigenvalue weighted by atomic mass is 9.74. The van der Waals surface area contributed by atoms with Crippen molar-refractivity contribution in [3.05, 3.63) is 180 Å². The molecule has 0 aromatic heterocycles. The van der Waals surface area contributed by atoms with Gasteiger partial charge in [-0.15, -0.1) is 0 Å². The highest BCUT2D eigenvalue weighted by atomic mass is 19.4. The van der Waals surface area contributed by atoms with Crippen molar-refractivity contribution in [2.24, 2.45) is 0 Å². The van der Waals surface area contributed by atoms with Crippen LogP contribution < -0.4 is 0 Å². The molecule has 0 N–H and O–H groups in total. The lowest BCUT2D eigenvalue weighted by Crippen LogP contribution is -2.53. The molecule has 0 saturated carbocycles. The zero-order valence-electron chi connectivity index (χ0n) is 31.5. The molecule has 0 fully saturated rings. The summed E-state index contributed by atoms with van der Waals surface area (Å²) in [5.74, 6) is 0. The van der Waals surface area contributed by atoms with Gasteiger partial charge in [-0.3, -0.25) is 0 Å². The molecule has 0 nitrogen and oxygen atoms in total. The fourth-order valence-corrected chi connectivity index (χ4v) is 9.66. The Labute approximate surface area is 344 Å². The van der Waals surface area contributed by atoms with Gasteiger partial charge in [-0.2, -0.15) is 52.7 Å². The van der Waals surface area contributed by atoms with Gasteiger partial charge in [-0.1, -0.05) is 121 Å². The molecule has 8 aromatic carbocycles. The minimum absolute atomic E-state index is 0.0592. The molecule has 0 amide bonds. The van der Waals surface area contributed by atoms with E-state index in [1.54, 1.807) is 18.2 Å². The van der Waals surface area contributed by atoms with Gasteiger partial charge in [0.15, 0.2) is 0 Å². The Balaban J connectivity index is 1.09. The molecule has 0 unspecified atom stereocenters. The topological polar surface area (TPSA) is 0 Å². The first-order valence-corrected chi connectivity index (χ1v) is 19.1. The summed E-state index contributed by atoms with van der Waals surface area (Å²) in [6.45, 7) is 0. The van der Waals surface area contributed by atoms with Gasteiger partial charge in [0.1, 0.15) is 0 Å². The van der Waals surface area contributed by atoms with Crippen molar-refractivity contribution in [1.29, 1.82) is 0 Å². The maximum absolute atomic E-state index is 15.5. The lowest BCUT2D eigenvalue weighted by molar-refractivity contribution is -0.288. The quantitative estimate of drug-likeness (QED) is 0.155. The number of halogens is 12.